The van der Waals surface area contributed by atoms with Gasteiger partial charge >= 0.3 is 0 Å². The van der Waals surface area contributed by atoms with Crippen LogP contribution < -0.4 is 5.32 Å². The Morgan fingerprint density at radius 3 is 2.76 bits per heavy atom. The highest BCUT2D eigenvalue weighted by atomic mass is 79.9. The Kier molecular flexibility index (Phi) is 4.84. The van der Waals surface area contributed by atoms with Crippen molar-refractivity contribution in [2.24, 2.45) is 5.92 Å². The zero-order valence-electron chi connectivity index (χ0n) is 10.5. The molecule has 0 saturated heterocycles. The zero-order chi connectivity index (χ0) is 12.1. The molecule has 1 aliphatic carbocycles. The maximum atomic E-state index is 4.24. The number of anilines is 1. The van der Waals surface area contributed by atoms with Gasteiger partial charge in [-0.15, -0.1) is 0 Å². The van der Waals surface area contributed by atoms with E-state index < -0.39 is 0 Å². The van der Waals surface area contributed by atoms with Crippen molar-refractivity contribution in [1.29, 1.82) is 0 Å². The minimum atomic E-state index is 0.628. The molecule has 1 fully saturated rings. The molecule has 0 amide bonds. The van der Waals surface area contributed by atoms with Crippen molar-refractivity contribution in [3.8, 4) is 0 Å². The smallest absolute Gasteiger partial charge is 0.129 e. The van der Waals surface area contributed by atoms with Gasteiger partial charge in [0.15, 0.2) is 0 Å². The van der Waals surface area contributed by atoms with Crippen LogP contribution in [0.3, 0.4) is 0 Å². The fraction of sp³-hybridized carbons (Fsp3) is 0.643. The Labute approximate surface area is 112 Å². The molecule has 94 valence electrons. The molecule has 0 spiro atoms. The molecule has 1 aliphatic rings. The van der Waals surface area contributed by atoms with Crippen LogP contribution >= 0.6 is 15.9 Å². The average molecular weight is 297 g/mol. The number of rotatable bonds is 4. The molecule has 17 heavy (non-hydrogen) atoms. The van der Waals surface area contributed by atoms with E-state index in [-0.39, 0.29) is 0 Å². The highest BCUT2D eigenvalue weighted by Gasteiger charge is 2.20. The van der Waals surface area contributed by atoms with Crippen molar-refractivity contribution < 1.29 is 0 Å². The number of aromatic nitrogens is 1. The summed E-state index contributed by atoms with van der Waals surface area (Å²) < 4.78 is 0.927. The van der Waals surface area contributed by atoms with E-state index in [0.717, 1.165) is 16.2 Å². The zero-order valence-corrected chi connectivity index (χ0v) is 12.0. The van der Waals surface area contributed by atoms with E-state index in [1.54, 1.807) is 0 Å². The molecular weight excluding hydrogens is 276 g/mol. The standard InChI is InChI=1S/C14H21BrN2/c1-2-4-11-6-8-12(9-7-11)17-13-5-3-10-16-14(13)15/h3,5,10-12,17H,2,4,6-9H2,1H3. The maximum Gasteiger partial charge on any atom is 0.129 e. The van der Waals surface area contributed by atoms with Gasteiger partial charge in [0.2, 0.25) is 0 Å². The third kappa shape index (κ3) is 3.70. The Balaban J connectivity index is 1.84. The molecule has 1 aromatic rings. The van der Waals surface area contributed by atoms with Crippen LogP contribution in [0, 0.1) is 5.92 Å². The SMILES string of the molecule is CCCC1CCC(Nc2cccnc2Br)CC1. The summed E-state index contributed by atoms with van der Waals surface area (Å²) in [5, 5.41) is 3.60. The number of nitrogens with one attached hydrogen (secondary N) is 1. The molecule has 0 bridgehead atoms. The van der Waals surface area contributed by atoms with Crippen molar-refractivity contribution in [3.05, 3.63) is 22.9 Å². The molecule has 1 saturated carbocycles. The van der Waals surface area contributed by atoms with Gasteiger partial charge in [0, 0.05) is 12.2 Å². The second-order valence-electron chi connectivity index (χ2n) is 4.99. The van der Waals surface area contributed by atoms with Gasteiger partial charge in [-0.1, -0.05) is 19.8 Å². The van der Waals surface area contributed by atoms with E-state index >= 15 is 0 Å². The molecule has 1 N–H and O–H groups in total. The molecule has 0 radical (unpaired) electrons. The van der Waals surface area contributed by atoms with E-state index in [1.807, 2.05) is 12.3 Å². The summed E-state index contributed by atoms with van der Waals surface area (Å²) in [6.45, 7) is 2.29. The number of hydrogen-bond acceptors (Lipinski definition) is 2. The van der Waals surface area contributed by atoms with Crippen LogP contribution in [-0.4, -0.2) is 11.0 Å². The highest BCUT2D eigenvalue weighted by Crippen LogP contribution is 2.30. The minimum absolute atomic E-state index is 0.628. The monoisotopic (exact) mass is 296 g/mol. The van der Waals surface area contributed by atoms with E-state index in [4.69, 9.17) is 0 Å². The lowest BCUT2D eigenvalue weighted by Gasteiger charge is -2.29. The van der Waals surface area contributed by atoms with Gasteiger partial charge < -0.3 is 5.32 Å². The summed E-state index contributed by atoms with van der Waals surface area (Å²) in [6.07, 6.45) is 9.90. The molecule has 2 nitrogen and oxygen atoms in total. The van der Waals surface area contributed by atoms with Crippen molar-refractivity contribution in [2.75, 3.05) is 5.32 Å². The second-order valence-corrected chi connectivity index (χ2v) is 5.74. The third-order valence-electron chi connectivity index (χ3n) is 3.66. The first kappa shape index (κ1) is 12.9. The van der Waals surface area contributed by atoms with Crippen LogP contribution in [0.2, 0.25) is 0 Å². The number of pyridine rings is 1. The predicted molar refractivity (Wildman–Crippen MR) is 76.2 cm³/mol. The molecule has 0 aromatic carbocycles. The Morgan fingerprint density at radius 2 is 2.12 bits per heavy atom. The van der Waals surface area contributed by atoms with Crippen molar-refractivity contribution in [3.63, 3.8) is 0 Å². The fourth-order valence-electron chi connectivity index (χ4n) is 2.72. The van der Waals surface area contributed by atoms with Crippen molar-refractivity contribution in [1.82, 2.24) is 4.98 Å². The van der Waals surface area contributed by atoms with E-state index in [2.05, 4.69) is 39.2 Å². The topological polar surface area (TPSA) is 24.9 Å². The molecule has 1 aromatic heterocycles. The second kappa shape index (κ2) is 6.39. The van der Waals surface area contributed by atoms with Gasteiger partial charge in [-0.3, -0.25) is 0 Å². The van der Waals surface area contributed by atoms with E-state index in [0.29, 0.717) is 6.04 Å². The molecule has 2 rings (SSSR count). The lowest BCUT2D eigenvalue weighted by molar-refractivity contribution is 0.319. The lowest BCUT2D eigenvalue weighted by atomic mass is 9.83. The highest BCUT2D eigenvalue weighted by molar-refractivity contribution is 9.10. The van der Waals surface area contributed by atoms with Gasteiger partial charge in [0.05, 0.1) is 5.69 Å². The van der Waals surface area contributed by atoms with Gasteiger partial charge in [-0.05, 0) is 59.7 Å². The minimum Gasteiger partial charge on any atom is -0.380 e. The number of hydrogen-bond donors (Lipinski definition) is 1. The normalized spacial score (nSPS) is 24.6. The van der Waals surface area contributed by atoms with Crippen LogP contribution in [0.5, 0.6) is 0 Å². The van der Waals surface area contributed by atoms with Gasteiger partial charge in [0.1, 0.15) is 4.60 Å². The van der Waals surface area contributed by atoms with Crippen LogP contribution in [0.4, 0.5) is 5.69 Å². The van der Waals surface area contributed by atoms with Gasteiger partial charge in [-0.2, -0.15) is 0 Å². The molecule has 3 heteroatoms. The fourth-order valence-corrected chi connectivity index (χ4v) is 3.08. The maximum absolute atomic E-state index is 4.24. The van der Waals surface area contributed by atoms with Crippen molar-refractivity contribution >= 4 is 21.6 Å². The molecular formula is C14H21BrN2. The lowest BCUT2D eigenvalue weighted by Crippen LogP contribution is -2.26. The van der Waals surface area contributed by atoms with Crippen LogP contribution in [0.25, 0.3) is 0 Å². The summed E-state index contributed by atoms with van der Waals surface area (Å²) in [7, 11) is 0. The Morgan fingerprint density at radius 1 is 1.35 bits per heavy atom. The van der Waals surface area contributed by atoms with E-state index in [9.17, 15) is 0 Å². The summed E-state index contributed by atoms with van der Waals surface area (Å²) >= 11 is 3.49. The third-order valence-corrected chi connectivity index (χ3v) is 4.29. The summed E-state index contributed by atoms with van der Waals surface area (Å²) in [6, 6.07) is 4.70. The number of halogens is 1. The van der Waals surface area contributed by atoms with Gasteiger partial charge in [-0.25, -0.2) is 4.98 Å². The van der Waals surface area contributed by atoms with Crippen LogP contribution in [0.1, 0.15) is 45.4 Å². The Hall–Kier alpha value is -0.570. The molecule has 1 heterocycles. The quantitative estimate of drug-likeness (QED) is 0.821. The molecule has 0 unspecified atom stereocenters. The van der Waals surface area contributed by atoms with Crippen molar-refractivity contribution in [2.45, 2.75) is 51.5 Å². The van der Waals surface area contributed by atoms with Gasteiger partial charge in [0.25, 0.3) is 0 Å². The number of nitrogens with zero attached hydrogens (tertiary/aromatic N) is 1. The molecule has 0 aliphatic heterocycles. The largest absolute Gasteiger partial charge is 0.380 e. The first-order valence-corrected chi connectivity index (χ1v) is 7.46. The summed E-state index contributed by atoms with van der Waals surface area (Å²) in [5.74, 6) is 0.968. The first-order valence-electron chi connectivity index (χ1n) is 6.66. The Bertz CT molecular complexity index is 346. The summed E-state index contributed by atoms with van der Waals surface area (Å²) in [5.41, 5.74) is 1.13. The van der Waals surface area contributed by atoms with Crippen LogP contribution in [-0.2, 0) is 0 Å². The first-order chi connectivity index (χ1) is 8.29. The average Bonchev–Trinajstić information content (AvgIpc) is 2.35. The molecule has 0 atom stereocenters. The summed E-state index contributed by atoms with van der Waals surface area (Å²) in [4.78, 5) is 4.24. The van der Waals surface area contributed by atoms with Crippen LogP contribution in [0.15, 0.2) is 22.9 Å². The predicted octanol–water partition coefficient (Wildman–Crippen LogP) is 4.61. The van der Waals surface area contributed by atoms with E-state index in [1.165, 1.54) is 38.5 Å².